The van der Waals surface area contributed by atoms with E-state index in [1.165, 1.54) is 23.3 Å². The first-order valence-corrected chi connectivity index (χ1v) is 9.20. The Balaban J connectivity index is 1.70. The molecule has 0 radical (unpaired) electrons. The van der Waals surface area contributed by atoms with Crippen LogP contribution in [0, 0.1) is 0 Å². The van der Waals surface area contributed by atoms with E-state index in [-0.39, 0.29) is 23.8 Å². The summed E-state index contributed by atoms with van der Waals surface area (Å²) in [5.41, 5.74) is 2.45. The highest BCUT2D eigenvalue weighted by Crippen LogP contribution is 2.22. The number of quaternary nitrogens is 1. The van der Waals surface area contributed by atoms with Crippen molar-refractivity contribution in [2.24, 2.45) is 0 Å². The Morgan fingerprint density at radius 1 is 0.926 bits per heavy atom. The Bertz CT molecular complexity index is 976. The zero-order valence-electron chi connectivity index (χ0n) is 15.9. The third kappa shape index (κ3) is 4.41. The lowest BCUT2D eigenvalue weighted by atomic mass is 9.99. The monoisotopic (exact) mass is 361 g/mol. The molecule has 3 rings (SSSR count). The standard InChI is InChI=1S/C23H24N2O2/c1-15(21-13-7-9-18-8-4-5-12-22(18)21)24-16(2)23(27)25-20-11-6-10-19(14-20)17(3)26/h4-16,24H,1-3H3,(H,25,27)/p+1/t15-,16+/m1/s1. The lowest BCUT2D eigenvalue weighted by Crippen LogP contribution is -2.91. The minimum absolute atomic E-state index is 0.0183. The zero-order valence-corrected chi connectivity index (χ0v) is 15.9. The van der Waals surface area contributed by atoms with Crippen molar-refractivity contribution in [2.75, 3.05) is 5.32 Å². The smallest absolute Gasteiger partial charge is 0.282 e. The Morgan fingerprint density at radius 2 is 1.63 bits per heavy atom. The quantitative estimate of drug-likeness (QED) is 0.658. The molecule has 138 valence electrons. The van der Waals surface area contributed by atoms with Gasteiger partial charge in [-0.05, 0) is 43.7 Å². The van der Waals surface area contributed by atoms with Crippen LogP contribution in [-0.2, 0) is 4.79 Å². The molecule has 3 N–H and O–H groups in total. The van der Waals surface area contributed by atoms with Gasteiger partial charge >= 0.3 is 0 Å². The molecule has 0 aliphatic heterocycles. The molecule has 3 aromatic carbocycles. The van der Waals surface area contributed by atoms with Crippen molar-refractivity contribution < 1.29 is 14.9 Å². The maximum Gasteiger partial charge on any atom is 0.282 e. The van der Waals surface area contributed by atoms with Gasteiger partial charge in [0.15, 0.2) is 11.8 Å². The van der Waals surface area contributed by atoms with E-state index in [9.17, 15) is 9.59 Å². The van der Waals surface area contributed by atoms with Gasteiger partial charge < -0.3 is 10.6 Å². The maximum absolute atomic E-state index is 12.6. The number of ketones is 1. The van der Waals surface area contributed by atoms with Gasteiger partial charge in [0.1, 0.15) is 6.04 Å². The topological polar surface area (TPSA) is 62.8 Å². The predicted octanol–water partition coefficient (Wildman–Crippen LogP) is 3.69. The Kier molecular flexibility index (Phi) is 5.67. The lowest BCUT2D eigenvalue weighted by Gasteiger charge is -2.18. The van der Waals surface area contributed by atoms with E-state index in [0.29, 0.717) is 11.3 Å². The van der Waals surface area contributed by atoms with Gasteiger partial charge in [0.05, 0.1) is 0 Å². The van der Waals surface area contributed by atoms with E-state index in [1.807, 2.05) is 19.1 Å². The molecule has 4 nitrogen and oxygen atoms in total. The summed E-state index contributed by atoms with van der Waals surface area (Å²) in [4.78, 5) is 24.1. The van der Waals surface area contributed by atoms with E-state index in [2.05, 4.69) is 47.9 Å². The molecule has 0 unspecified atom stereocenters. The molecule has 0 saturated carbocycles. The number of anilines is 1. The number of hydrogen-bond acceptors (Lipinski definition) is 2. The summed E-state index contributed by atoms with van der Waals surface area (Å²) in [5.74, 6) is -0.0990. The number of benzene rings is 3. The molecule has 0 aromatic heterocycles. The van der Waals surface area contributed by atoms with Crippen LogP contribution in [0.4, 0.5) is 5.69 Å². The molecule has 0 heterocycles. The van der Waals surface area contributed by atoms with Gasteiger partial charge in [-0.2, -0.15) is 0 Å². The first-order valence-electron chi connectivity index (χ1n) is 9.20. The van der Waals surface area contributed by atoms with E-state index < -0.39 is 0 Å². The van der Waals surface area contributed by atoms with Gasteiger partial charge in [-0.1, -0.05) is 54.6 Å². The molecular formula is C23H25N2O2+. The van der Waals surface area contributed by atoms with Crippen molar-refractivity contribution in [3.63, 3.8) is 0 Å². The largest absolute Gasteiger partial charge is 0.330 e. The van der Waals surface area contributed by atoms with E-state index in [1.54, 1.807) is 24.3 Å². The molecule has 27 heavy (non-hydrogen) atoms. The zero-order chi connectivity index (χ0) is 19.4. The Labute approximate surface area is 159 Å². The summed E-state index contributed by atoms with van der Waals surface area (Å²) in [6, 6.07) is 21.5. The van der Waals surface area contributed by atoms with Crippen molar-refractivity contribution in [2.45, 2.75) is 32.9 Å². The van der Waals surface area contributed by atoms with Crippen LogP contribution in [0.3, 0.4) is 0 Å². The Morgan fingerprint density at radius 3 is 2.41 bits per heavy atom. The van der Waals surface area contributed by atoms with Gasteiger partial charge in [-0.15, -0.1) is 0 Å². The second kappa shape index (κ2) is 8.14. The summed E-state index contributed by atoms with van der Waals surface area (Å²) in [6.45, 7) is 5.52. The van der Waals surface area contributed by atoms with Gasteiger partial charge in [-0.25, -0.2) is 0 Å². The second-order valence-electron chi connectivity index (χ2n) is 6.96. The minimum Gasteiger partial charge on any atom is -0.330 e. The van der Waals surface area contributed by atoms with Crippen LogP contribution >= 0.6 is 0 Å². The molecule has 0 aliphatic rings. The van der Waals surface area contributed by atoms with Crippen molar-refractivity contribution in [1.29, 1.82) is 0 Å². The van der Waals surface area contributed by atoms with Crippen molar-refractivity contribution in [3.05, 3.63) is 77.9 Å². The Hall–Kier alpha value is -2.98. The maximum atomic E-state index is 12.6. The SMILES string of the molecule is CC(=O)c1cccc(NC(=O)[C@H](C)[NH2+][C@H](C)c2cccc3ccccc23)c1. The van der Waals surface area contributed by atoms with Crippen LogP contribution in [0.2, 0.25) is 0 Å². The number of fused-ring (bicyclic) bond motifs is 1. The fourth-order valence-corrected chi connectivity index (χ4v) is 3.34. The van der Waals surface area contributed by atoms with Crippen LogP contribution in [0.1, 0.15) is 42.7 Å². The minimum atomic E-state index is -0.264. The molecule has 0 saturated heterocycles. The molecule has 1 amide bonds. The molecule has 2 atom stereocenters. The normalized spacial score (nSPS) is 13.1. The summed E-state index contributed by atoms with van der Waals surface area (Å²) < 4.78 is 0. The molecule has 4 heteroatoms. The van der Waals surface area contributed by atoms with Crippen LogP contribution in [0.5, 0.6) is 0 Å². The number of carbonyl (C=O) groups excluding carboxylic acids is 2. The van der Waals surface area contributed by atoms with Gasteiger partial charge in [0, 0.05) is 16.8 Å². The molecule has 0 aliphatic carbocycles. The first kappa shape index (κ1) is 18.8. The summed E-state index contributed by atoms with van der Waals surface area (Å²) in [6.07, 6.45) is 0. The average molecular weight is 361 g/mol. The van der Waals surface area contributed by atoms with E-state index in [4.69, 9.17) is 0 Å². The van der Waals surface area contributed by atoms with Crippen LogP contribution in [0.25, 0.3) is 10.8 Å². The number of Topliss-reactive ketones (excluding diaryl/α,β-unsaturated/α-hetero) is 1. The highest BCUT2D eigenvalue weighted by Gasteiger charge is 2.21. The number of rotatable bonds is 6. The third-order valence-electron chi connectivity index (χ3n) is 4.84. The van der Waals surface area contributed by atoms with Gasteiger partial charge in [0.25, 0.3) is 5.91 Å². The number of carbonyl (C=O) groups is 2. The molecule has 3 aromatic rings. The molecular weight excluding hydrogens is 336 g/mol. The number of nitrogens with one attached hydrogen (secondary N) is 1. The van der Waals surface area contributed by atoms with Crippen molar-refractivity contribution in [1.82, 2.24) is 0 Å². The predicted molar refractivity (Wildman–Crippen MR) is 109 cm³/mol. The number of nitrogens with two attached hydrogens (primary N) is 1. The highest BCUT2D eigenvalue weighted by molar-refractivity contribution is 5.98. The second-order valence-corrected chi connectivity index (χ2v) is 6.96. The lowest BCUT2D eigenvalue weighted by molar-refractivity contribution is -0.709. The summed E-state index contributed by atoms with van der Waals surface area (Å²) >= 11 is 0. The molecule has 0 bridgehead atoms. The van der Waals surface area contributed by atoms with Gasteiger partial charge in [0.2, 0.25) is 0 Å². The summed E-state index contributed by atoms with van der Waals surface area (Å²) in [7, 11) is 0. The molecule has 0 spiro atoms. The van der Waals surface area contributed by atoms with Crippen LogP contribution < -0.4 is 10.6 Å². The number of hydrogen-bond donors (Lipinski definition) is 2. The van der Waals surface area contributed by atoms with E-state index >= 15 is 0 Å². The van der Waals surface area contributed by atoms with Crippen LogP contribution in [0.15, 0.2) is 66.7 Å². The summed E-state index contributed by atoms with van der Waals surface area (Å²) in [5, 5.41) is 7.39. The fraction of sp³-hybridized carbons (Fsp3) is 0.217. The first-order chi connectivity index (χ1) is 13.0. The fourth-order valence-electron chi connectivity index (χ4n) is 3.34. The van der Waals surface area contributed by atoms with Crippen molar-refractivity contribution in [3.8, 4) is 0 Å². The third-order valence-corrected chi connectivity index (χ3v) is 4.84. The molecule has 0 fully saturated rings. The van der Waals surface area contributed by atoms with Crippen molar-refractivity contribution >= 4 is 28.2 Å². The number of amides is 1. The van der Waals surface area contributed by atoms with E-state index in [0.717, 1.165) is 0 Å². The van der Waals surface area contributed by atoms with Crippen LogP contribution in [-0.4, -0.2) is 17.7 Å². The average Bonchev–Trinajstić information content (AvgIpc) is 2.67. The highest BCUT2D eigenvalue weighted by atomic mass is 16.2. The van der Waals surface area contributed by atoms with Gasteiger partial charge in [-0.3, -0.25) is 9.59 Å².